The molecular formula is C11H12ClN3O3S. The van der Waals surface area contributed by atoms with Gasteiger partial charge in [-0.05, 0) is 12.8 Å². The van der Waals surface area contributed by atoms with E-state index in [9.17, 15) is 9.59 Å². The van der Waals surface area contributed by atoms with Gasteiger partial charge in [0.15, 0.2) is 15.2 Å². The van der Waals surface area contributed by atoms with Gasteiger partial charge >= 0.3 is 5.97 Å². The number of aromatic carboxylic acids is 1. The van der Waals surface area contributed by atoms with Crippen LogP contribution in [0.25, 0.3) is 0 Å². The fourth-order valence-electron chi connectivity index (χ4n) is 2.73. The van der Waals surface area contributed by atoms with Gasteiger partial charge in [0.05, 0.1) is 12.0 Å². The van der Waals surface area contributed by atoms with Crippen molar-refractivity contribution in [2.24, 2.45) is 5.92 Å². The van der Waals surface area contributed by atoms with Crippen LogP contribution in [0.3, 0.4) is 0 Å². The quantitative estimate of drug-likeness (QED) is 0.858. The Labute approximate surface area is 118 Å². The summed E-state index contributed by atoms with van der Waals surface area (Å²) < 4.78 is 0. The van der Waals surface area contributed by atoms with E-state index < -0.39 is 5.97 Å². The van der Waals surface area contributed by atoms with Gasteiger partial charge in [-0.2, -0.15) is 0 Å². The Morgan fingerprint density at radius 1 is 1.58 bits per heavy atom. The summed E-state index contributed by atoms with van der Waals surface area (Å²) in [7, 11) is 0. The normalized spacial score (nSPS) is 26.2. The van der Waals surface area contributed by atoms with Gasteiger partial charge in [-0.15, -0.1) is 0 Å². The third-order valence-electron chi connectivity index (χ3n) is 3.62. The fraction of sp³-hybridized carbons (Fsp3) is 0.545. The number of rotatable bonds is 2. The molecular weight excluding hydrogens is 290 g/mol. The minimum atomic E-state index is -1.07. The molecule has 6 nitrogen and oxygen atoms in total. The highest BCUT2D eigenvalue weighted by atomic mass is 35.5. The maximum absolute atomic E-state index is 11.7. The van der Waals surface area contributed by atoms with Gasteiger partial charge in [0.1, 0.15) is 0 Å². The third-order valence-corrected chi connectivity index (χ3v) is 5.08. The van der Waals surface area contributed by atoms with Crippen molar-refractivity contribution in [2.75, 3.05) is 18.0 Å². The van der Waals surface area contributed by atoms with Crippen LogP contribution in [0.5, 0.6) is 0 Å². The molecule has 2 fully saturated rings. The maximum atomic E-state index is 11.7. The van der Waals surface area contributed by atoms with Gasteiger partial charge in [-0.25, -0.2) is 9.78 Å². The topological polar surface area (TPSA) is 82.5 Å². The van der Waals surface area contributed by atoms with Crippen molar-refractivity contribution in [3.05, 3.63) is 10.0 Å². The molecule has 2 atom stereocenters. The van der Waals surface area contributed by atoms with Gasteiger partial charge < -0.3 is 15.3 Å². The summed E-state index contributed by atoms with van der Waals surface area (Å²) >= 11 is 6.91. The second-order valence-corrected chi connectivity index (χ2v) is 6.01. The highest BCUT2D eigenvalue weighted by molar-refractivity contribution is 7.18. The van der Waals surface area contributed by atoms with Crippen LogP contribution < -0.4 is 10.2 Å². The number of piperidine rings is 1. The number of carbonyl (C=O) groups is 2. The average Bonchev–Trinajstić information content (AvgIpc) is 2.94. The van der Waals surface area contributed by atoms with Crippen molar-refractivity contribution in [1.82, 2.24) is 10.3 Å². The number of nitrogens with zero attached hydrogens (tertiary/aromatic N) is 2. The number of fused-ring (bicyclic) bond motifs is 1. The maximum Gasteiger partial charge on any atom is 0.349 e. The molecule has 8 heteroatoms. The van der Waals surface area contributed by atoms with Gasteiger partial charge in [0.2, 0.25) is 5.91 Å². The predicted molar refractivity (Wildman–Crippen MR) is 71.0 cm³/mol. The highest BCUT2D eigenvalue weighted by Gasteiger charge is 2.42. The largest absolute Gasteiger partial charge is 0.477 e. The molecule has 2 aliphatic rings. The lowest BCUT2D eigenvalue weighted by atomic mass is 9.92. The van der Waals surface area contributed by atoms with Crippen molar-refractivity contribution in [3.63, 3.8) is 0 Å². The summed E-state index contributed by atoms with van der Waals surface area (Å²) in [6.45, 7) is 1.36. The predicted octanol–water partition coefficient (Wildman–Crippen LogP) is 1.21. The Bertz CT molecular complexity index is 547. The van der Waals surface area contributed by atoms with Crippen LogP contribution in [0.2, 0.25) is 5.15 Å². The average molecular weight is 302 g/mol. The van der Waals surface area contributed by atoms with Crippen molar-refractivity contribution < 1.29 is 14.7 Å². The number of halogens is 1. The molecule has 1 amide bonds. The van der Waals surface area contributed by atoms with Crippen molar-refractivity contribution in [2.45, 2.75) is 18.9 Å². The molecule has 1 aromatic rings. The van der Waals surface area contributed by atoms with Crippen molar-refractivity contribution in [3.8, 4) is 0 Å². The first-order chi connectivity index (χ1) is 9.08. The number of hydrogen-bond acceptors (Lipinski definition) is 5. The summed E-state index contributed by atoms with van der Waals surface area (Å²) in [6, 6.07) is 0.0603. The van der Waals surface area contributed by atoms with Gasteiger partial charge in [0, 0.05) is 13.1 Å². The standard InChI is InChI=1S/C11H12ClN3O3S/c12-8-7(10(17)18)19-11(14-8)15-3-1-2-5-6(15)4-13-9(5)16/h5-6H,1-4H2,(H,13,16)(H,17,18). The molecule has 2 aliphatic heterocycles. The molecule has 102 valence electrons. The lowest BCUT2D eigenvalue weighted by Crippen LogP contribution is -2.45. The SMILES string of the molecule is O=C(O)c1sc(N2CCCC3C(=O)NCC32)nc1Cl. The number of thiazole rings is 1. The molecule has 3 rings (SSSR count). The Balaban J connectivity index is 1.91. The van der Waals surface area contributed by atoms with Gasteiger partial charge in [-0.3, -0.25) is 4.79 Å². The Kier molecular flexibility index (Phi) is 3.10. The summed E-state index contributed by atoms with van der Waals surface area (Å²) in [5.74, 6) is -1.01. The lowest BCUT2D eigenvalue weighted by Gasteiger charge is -2.35. The van der Waals surface area contributed by atoms with Crippen LogP contribution in [-0.4, -0.2) is 41.1 Å². The van der Waals surface area contributed by atoms with E-state index in [4.69, 9.17) is 16.7 Å². The van der Waals surface area contributed by atoms with E-state index in [1.54, 1.807) is 0 Å². The summed E-state index contributed by atoms with van der Waals surface area (Å²) in [5.41, 5.74) is 0. The van der Waals surface area contributed by atoms with Crippen LogP contribution in [0.15, 0.2) is 0 Å². The number of hydrogen-bond donors (Lipinski definition) is 2. The van der Waals surface area contributed by atoms with Crippen LogP contribution in [-0.2, 0) is 4.79 Å². The van der Waals surface area contributed by atoms with Gasteiger partial charge in [-0.1, -0.05) is 22.9 Å². The molecule has 0 saturated carbocycles. The summed E-state index contributed by atoms with van der Waals surface area (Å²) in [4.78, 5) is 28.9. The van der Waals surface area contributed by atoms with Crippen LogP contribution in [0.4, 0.5) is 5.13 Å². The lowest BCUT2D eigenvalue weighted by molar-refractivity contribution is -0.123. The zero-order valence-corrected chi connectivity index (χ0v) is 11.5. The number of nitrogens with one attached hydrogen (secondary N) is 1. The number of amides is 1. The van der Waals surface area contributed by atoms with Crippen LogP contribution >= 0.6 is 22.9 Å². The molecule has 0 spiro atoms. The summed E-state index contributed by atoms with van der Waals surface area (Å²) in [5, 5.41) is 12.5. The minimum Gasteiger partial charge on any atom is -0.477 e. The van der Waals surface area contributed by atoms with E-state index in [1.807, 2.05) is 4.90 Å². The van der Waals surface area contributed by atoms with E-state index in [2.05, 4.69) is 10.3 Å². The van der Waals surface area contributed by atoms with E-state index in [-0.39, 0.29) is 27.9 Å². The summed E-state index contributed by atoms with van der Waals surface area (Å²) in [6.07, 6.45) is 1.77. The molecule has 0 aromatic carbocycles. The monoisotopic (exact) mass is 301 g/mol. The third kappa shape index (κ3) is 2.06. The number of carboxylic acids is 1. The van der Waals surface area contributed by atoms with E-state index >= 15 is 0 Å². The number of anilines is 1. The van der Waals surface area contributed by atoms with E-state index in [0.717, 1.165) is 30.7 Å². The molecule has 0 bridgehead atoms. The highest BCUT2D eigenvalue weighted by Crippen LogP contribution is 2.36. The first-order valence-electron chi connectivity index (χ1n) is 6.02. The number of aromatic nitrogens is 1. The molecule has 0 aliphatic carbocycles. The first-order valence-corrected chi connectivity index (χ1v) is 7.21. The zero-order chi connectivity index (χ0) is 13.6. The second kappa shape index (κ2) is 4.64. The van der Waals surface area contributed by atoms with Gasteiger partial charge in [0.25, 0.3) is 0 Å². The minimum absolute atomic E-state index is 0.0203. The Morgan fingerprint density at radius 3 is 3.05 bits per heavy atom. The van der Waals surface area contributed by atoms with Crippen LogP contribution in [0.1, 0.15) is 22.5 Å². The zero-order valence-electron chi connectivity index (χ0n) is 9.93. The molecule has 19 heavy (non-hydrogen) atoms. The molecule has 0 radical (unpaired) electrons. The molecule has 2 N–H and O–H groups in total. The first kappa shape index (κ1) is 12.7. The van der Waals surface area contributed by atoms with Crippen molar-refractivity contribution in [1.29, 1.82) is 0 Å². The molecule has 1 aromatic heterocycles. The second-order valence-electron chi connectivity index (χ2n) is 4.68. The van der Waals surface area contributed by atoms with Crippen molar-refractivity contribution >= 4 is 39.9 Å². The Hall–Kier alpha value is -1.34. The Morgan fingerprint density at radius 2 is 2.37 bits per heavy atom. The molecule has 2 unspecified atom stereocenters. The molecule has 3 heterocycles. The van der Waals surface area contributed by atoms with E-state index in [0.29, 0.717) is 11.7 Å². The van der Waals surface area contributed by atoms with E-state index in [1.165, 1.54) is 0 Å². The number of carbonyl (C=O) groups excluding carboxylic acids is 1. The fourth-order valence-corrected chi connectivity index (χ4v) is 3.94. The smallest absolute Gasteiger partial charge is 0.349 e. The van der Waals surface area contributed by atoms with Crippen LogP contribution in [0, 0.1) is 5.92 Å². The molecule has 2 saturated heterocycles. The number of carboxylic acid groups (broad SMARTS) is 1.